The van der Waals surface area contributed by atoms with Crippen molar-refractivity contribution in [2.45, 2.75) is 19.3 Å². The lowest BCUT2D eigenvalue weighted by Crippen LogP contribution is -2.46. The Hall–Kier alpha value is -1.79. The van der Waals surface area contributed by atoms with Crippen molar-refractivity contribution in [3.63, 3.8) is 0 Å². The van der Waals surface area contributed by atoms with Crippen LogP contribution in [0.3, 0.4) is 0 Å². The van der Waals surface area contributed by atoms with E-state index in [1.165, 1.54) is 0 Å². The Morgan fingerprint density at radius 1 is 1.12 bits per heavy atom. The molecular weight excluding hydrogens is 228 g/mol. The molecule has 7 nitrogen and oxygen atoms in total. The molecule has 0 radical (unpaired) electrons. The zero-order valence-electron chi connectivity index (χ0n) is 9.39. The van der Waals surface area contributed by atoms with Crippen molar-refractivity contribution in [3.8, 4) is 0 Å². The van der Waals surface area contributed by atoms with E-state index in [9.17, 15) is 14.4 Å². The Bertz CT molecular complexity index is 298. The number of carbonyl (C=O) groups is 3. The first-order chi connectivity index (χ1) is 7.99. The fraction of sp³-hybridized carbons (Fsp3) is 0.700. The van der Waals surface area contributed by atoms with E-state index in [0.29, 0.717) is 12.5 Å². The minimum atomic E-state index is -1.23. The zero-order chi connectivity index (χ0) is 12.8. The van der Waals surface area contributed by atoms with Gasteiger partial charge in [-0.15, -0.1) is 0 Å². The Morgan fingerprint density at radius 2 is 1.65 bits per heavy atom. The topological polar surface area (TPSA) is 107 Å². The molecule has 1 fully saturated rings. The van der Waals surface area contributed by atoms with Crippen LogP contribution in [0.1, 0.15) is 19.3 Å². The summed E-state index contributed by atoms with van der Waals surface area (Å²) in [7, 11) is 0. The van der Waals surface area contributed by atoms with Crippen LogP contribution in [0.2, 0.25) is 0 Å². The number of hydrogen-bond donors (Lipinski definition) is 3. The highest BCUT2D eigenvalue weighted by molar-refractivity contribution is 5.84. The molecule has 0 saturated heterocycles. The van der Waals surface area contributed by atoms with Gasteiger partial charge in [0.2, 0.25) is 0 Å². The Kier molecular flexibility index (Phi) is 4.74. The number of carbonyl (C=O) groups excluding carboxylic acids is 1. The van der Waals surface area contributed by atoms with E-state index in [4.69, 9.17) is 10.2 Å². The molecule has 0 aromatic carbocycles. The SMILES string of the molecule is O=C(O)CN(CC(=O)O)C(=O)NCC1CCC1. The number of nitrogens with zero attached hydrogens (tertiary/aromatic N) is 1. The van der Waals surface area contributed by atoms with Gasteiger partial charge in [0.1, 0.15) is 13.1 Å². The second kappa shape index (κ2) is 6.07. The van der Waals surface area contributed by atoms with Crippen LogP contribution in [-0.2, 0) is 9.59 Å². The quantitative estimate of drug-likeness (QED) is 0.608. The van der Waals surface area contributed by atoms with Gasteiger partial charge in [0.15, 0.2) is 0 Å². The van der Waals surface area contributed by atoms with Gasteiger partial charge in [0.25, 0.3) is 0 Å². The van der Waals surface area contributed by atoms with Gasteiger partial charge in [-0.1, -0.05) is 6.42 Å². The number of rotatable bonds is 6. The third kappa shape index (κ3) is 4.71. The largest absolute Gasteiger partial charge is 0.480 e. The van der Waals surface area contributed by atoms with Crippen molar-refractivity contribution >= 4 is 18.0 Å². The number of amides is 2. The van der Waals surface area contributed by atoms with Crippen LogP contribution in [0.4, 0.5) is 4.79 Å². The lowest BCUT2D eigenvalue weighted by Gasteiger charge is -2.27. The third-order valence-electron chi connectivity index (χ3n) is 2.71. The Labute approximate surface area is 98.4 Å². The van der Waals surface area contributed by atoms with Crippen LogP contribution in [0.15, 0.2) is 0 Å². The van der Waals surface area contributed by atoms with Gasteiger partial charge in [-0.25, -0.2) is 4.79 Å². The minimum absolute atomic E-state index is 0.440. The van der Waals surface area contributed by atoms with Gasteiger partial charge in [-0.3, -0.25) is 9.59 Å². The molecule has 0 aromatic heterocycles. The maximum Gasteiger partial charge on any atom is 0.323 e. The zero-order valence-corrected chi connectivity index (χ0v) is 9.39. The van der Waals surface area contributed by atoms with Crippen LogP contribution in [0.5, 0.6) is 0 Å². The van der Waals surface area contributed by atoms with Crippen LogP contribution in [-0.4, -0.2) is 52.7 Å². The number of nitrogens with one attached hydrogen (secondary N) is 1. The molecule has 0 aliphatic heterocycles. The molecule has 96 valence electrons. The fourth-order valence-corrected chi connectivity index (χ4v) is 1.57. The average molecular weight is 244 g/mol. The molecule has 0 unspecified atom stereocenters. The first kappa shape index (κ1) is 13.3. The van der Waals surface area contributed by atoms with Crippen molar-refractivity contribution in [1.82, 2.24) is 10.2 Å². The summed E-state index contributed by atoms with van der Waals surface area (Å²) in [6.45, 7) is -0.736. The lowest BCUT2D eigenvalue weighted by atomic mass is 9.85. The van der Waals surface area contributed by atoms with E-state index in [-0.39, 0.29) is 0 Å². The van der Waals surface area contributed by atoms with Gasteiger partial charge >= 0.3 is 18.0 Å². The summed E-state index contributed by atoms with van der Waals surface area (Å²) in [4.78, 5) is 33.3. The van der Waals surface area contributed by atoms with E-state index in [1.54, 1.807) is 0 Å². The molecule has 0 aromatic rings. The predicted octanol–water partition coefficient (Wildman–Crippen LogP) is -0.0327. The summed E-state index contributed by atoms with van der Waals surface area (Å²) in [5, 5.41) is 19.7. The number of hydrogen-bond acceptors (Lipinski definition) is 3. The summed E-state index contributed by atoms with van der Waals surface area (Å²) < 4.78 is 0. The maximum atomic E-state index is 11.5. The molecule has 1 aliphatic rings. The highest BCUT2D eigenvalue weighted by Crippen LogP contribution is 2.25. The van der Waals surface area contributed by atoms with Crippen molar-refractivity contribution in [2.75, 3.05) is 19.6 Å². The molecule has 0 spiro atoms. The predicted molar refractivity (Wildman–Crippen MR) is 57.6 cm³/mol. The second-order valence-electron chi connectivity index (χ2n) is 4.13. The molecular formula is C10H16N2O5. The van der Waals surface area contributed by atoms with E-state index in [2.05, 4.69) is 5.32 Å². The minimum Gasteiger partial charge on any atom is -0.480 e. The van der Waals surface area contributed by atoms with Crippen LogP contribution in [0.25, 0.3) is 0 Å². The van der Waals surface area contributed by atoms with Gasteiger partial charge in [0.05, 0.1) is 0 Å². The molecule has 2 amide bonds. The van der Waals surface area contributed by atoms with Crippen LogP contribution >= 0.6 is 0 Å². The first-order valence-corrected chi connectivity index (χ1v) is 5.45. The summed E-state index contributed by atoms with van der Waals surface area (Å²) in [5.74, 6) is -2.02. The van der Waals surface area contributed by atoms with Crippen LogP contribution < -0.4 is 5.32 Å². The van der Waals surface area contributed by atoms with Crippen molar-refractivity contribution in [1.29, 1.82) is 0 Å². The van der Waals surface area contributed by atoms with E-state index in [1.807, 2.05) is 0 Å². The normalized spacial score (nSPS) is 14.8. The summed E-state index contributed by atoms with van der Waals surface area (Å²) in [5.41, 5.74) is 0. The third-order valence-corrected chi connectivity index (χ3v) is 2.71. The van der Waals surface area contributed by atoms with Gasteiger partial charge in [-0.05, 0) is 18.8 Å². The van der Waals surface area contributed by atoms with Crippen molar-refractivity contribution in [2.24, 2.45) is 5.92 Å². The lowest BCUT2D eigenvalue weighted by molar-refractivity contribution is -0.140. The molecule has 1 rings (SSSR count). The van der Waals surface area contributed by atoms with Crippen molar-refractivity contribution < 1.29 is 24.6 Å². The fourth-order valence-electron chi connectivity index (χ4n) is 1.57. The van der Waals surface area contributed by atoms with Gasteiger partial charge in [-0.2, -0.15) is 0 Å². The van der Waals surface area contributed by atoms with Crippen LogP contribution in [0, 0.1) is 5.92 Å². The summed E-state index contributed by atoms with van der Waals surface area (Å²) >= 11 is 0. The van der Waals surface area contributed by atoms with E-state index < -0.39 is 31.1 Å². The molecule has 0 heterocycles. The van der Waals surface area contributed by atoms with E-state index in [0.717, 1.165) is 24.2 Å². The Balaban J connectivity index is 2.39. The first-order valence-electron chi connectivity index (χ1n) is 5.45. The molecule has 0 bridgehead atoms. The number of carboxylic acid groups (broad SMARTS) is 2. The molecule has 1 saturated carbocycles. The molecule has 1 aliphatic carbocycles. The summed E-state index contributed by atoms with van der Waals surface area (Å²) in [6.07, 6.45) is 3.25. The van der Waals surface area contributed by atoms with Gasteiger partial charge in [0, 0.05) is 6.54 Å². The molecule has 17 heavy (non-hydrogen) atoms. The molecule has 7 heteroatoms. The smallest absolute Gasteiger partial charge is 0.323 e. The monoisotopic (exact) mass is 244 g/mol. The Morgan fingerprint density at radius 3 is 2.00 bits per heavy atom. The molecule has 3 N–H and O–H groups in total. The average Bonchev–Trinajstić information content (AvgIpc) is 2.12. The number of urea groups is 1. The molecule has 0 atom stereocenters. The number of aliphatic carboxylic acids is 2. The summed E-state index contributed by atoms with van der Waals surface area (Å²) in [6, 6.07) is -0.637. The van der Waals surface area contributed by atoms with Crippen molar-refractivity contribution in [3.05, 3.63) is 0 Å². The number of carboxylic acids is 2. The highest BCUT2D eigenvalue weighted by atomic mass is 16.4. The highest BCUT2D eigenvalue weighted by Gasteiger charge is 2.22. The maximum absolute atomic E-state index is 11.5. The van der Waals surface area contributed by atoms with E-state index >= 15 is 0 Å². The van der Waals surface area contributed by atoms with Gasteiger partial charge < -0.3 is 20.4 Å². The second-order valence-corrected chi connectivity index (χ2v) is 4.13. The standard InChI is InChI=1S/C10H16N2O5/c13-8(14)5-12(6-9(15)16)10(17)11-4-7-2-1-3-7/h7H,1-6H2,(H,11,17)(H,13,14)(H,15,16).